The molecule has 1 nitrogen and oxygen atoms in total. The van der Waals surface area contributed by atoms with Crippen molar-refractivity contribution in [1.82, 2.24) is 5.32 Å². The van der Waals surface area contributed by atoms with Gasteiger partial charge in [-0.1, -0.05) is 12.7 Å². The van der Waals surface area contributed by atoms with Crippen molar-refractivity contribution in [3.63, 3.8) is 0 Å². The van der Waals surface area contributed by atoms with Gasteiger partial charge in [-0.05, 0) is 19.1 Å². The van der Waals surface area contributed by atoms with Gasteiger partial charge in [0.05, 0.1) is 0 Å². The predicted molar refractivity (Wildman–Crippen MR) is 35.2 cm³/mol. The fourth-order valence-corrected chi connectivity index (χ4v) is 0.645. The fourth-order valence-electron chi connectivity index (χ4n) is 0.645. The molecule has 1 heterocycles. The summed E-state index contributed by atoms with van der Waals surface area (Å²) < 4.78 is 0. The lowest BCUT2D eigenvalue weighted by molar-refractivity contribution is 0.996. The van der Waals surface area contributed by atoms with Crippen LogP contribution >= 0.6 is 0 Å². The molecule has 0 fully saturated rings. The molecule has 0 atom stereocenters. The molecule has 1 N–H and O–H groups in total. The molecule has 1 heteroatoms. The molecule has 0 radical (unpaired) electrons. The van der Waals surface area contributed by atoms with Gasteiger partial charge in [-0.3, -0.25) is 0 Å². The highest BCUT2D eigenvalue weighted by atomic mass is 14.9. The first-order chi connectivity index (χ1) is 3.79. The summed E-state index contributed by atoms with van der Waals surface area (Å²) in [6.07, 6.45) is 5.93. The minimum Gasteiger partial charge on any atom is -0.360 e. The SMILES string of the molecule is C=C1C=CC=C(C)N1. The Labute approximate surface area is 49.4 Å². The Morgan fingerprint density at radius 1 is 1.62 bits per heavy atom. The summed E-state index contributed by atoms with van der Waals surface area (Å²) in [5, 5.41) is 3.06. The van der Waals surface area contributed by atoms with Crippen LogP contribution in [-0.2, 0) is 0 Å². The van der Waals surface area contributed by atoms with E-state index in [0.717, 1.165) is 11.4 Å². The van der Waals surface area contributed by atoms with Crippen molar-refractivity contribution in [2.75, 3.05) is 0 Å². The highest BCUT2D eigenvalue weighted by Gasteiger charge is 1.91. The van der Waals surface area contributed by atoms with Crippen molar-refractivity contribution in [1.29, 1.82) is 0 Å². The van der Waals surface area contributed by atoms with Gasteiger partial charge in [0, 0.05) is 11.4 Å². The minimum absolute atomic E-state index is 0.963. The van der Waals surface area contributed by atoms with E-state index in [1.807, 2.05) is 25.2 Å². The van der Waals surface area contributed by atoms with E-state index >= 15 is 0 Å². The van der Waals surface area contributed by atoms with Gasteiger partial charge in [-0.25, -0.2) is 0 Å². The summed E-state index contributed by atoms with van der Waals surface area (Å²) in [7, 11) is 0. The molecule has 1 aliphatic heterocycles. The predicted octanol–water partition coefficient (Wildman–Crippen LogP) is 1.56. The molecule has 0 spiro atoms. The molecule has 0 saturated heterocycles. The third-order valence-electron chi connectivity index (χ3n) is 1.00. The fraction of sp³-hybridized carbons (Fsp3) is 0.143. The largest absolute Gasteiger partial charge is 0.360 e. The average molecular weight is 107 g/mol. The topological polar surface area (TPSA) is 12.0 Å². The number of allylic oxidation sites excluding steroid dienone is 4. The summed E-state index contributed by atoms with van der Waals surface area (Å²) in [6, 6.07) is 0. The van der Waals surface area contributed by atoms with Crippen LogP contribution in [0, 0.1) is 0 Å². The molecule has 0 saturated carbocycles. The van der Waals surface area contributed by atoms with Crippen LogP contribution in [0.25, 0.3) is 0 Å². The van der Waals surface area contributed by atoms with E-state index in [-0.39, 0.29) is 0 Å². The van der Waals surface area contributed by atoms with E-state index < -0.39 is 0 Å². The van der Waals surface area contributed by atoms with Crippen molar-refractivity contribution in [2.24, 2.45) is 0 Å². The van der Waals surface area contributed by atoms with Crippen molar-refractivity contribution < 1.29 is 0 Å². The third-order valence-corrected chi connectivity index (χ3v) is 1.00. The second-order valence-electron chi connectivity index (χ2n) is 1.86. The Bertz CT molecular complexity index is 163. The standard InChI is InChI=1S/C7H9N/c1-6-4-3-5-7(2)8-6/h3-5,8H,1H2,2H3. The van der Waals surface area contributed by atoms with Gasteiger partial charge in [0.1, 0.15) is 0 Å². The second-order valence-corrected chi connectivity index (χ2v) is 1.86. The van der Waals surface area contributed by atoms with Gasteiger partial charge in [0.15, 0.2) is 0 Å². The van der Waals surface area contributed by atoms with Crippen molar-refractivity contribution in [3.05, 3.63) is 36.2 Å². The molecule has 8 heavy (non-hydrogen) atoms. The van der Waals surface area contributed by atoms with E-state index in [2.05, 4.69) is 11.9 Å². The van der Waals surface area contributed by atoms with E-state index in [9.17, 15) is 0 Å². The normalized spacial score (nSPS) is 17.6. The van der Waals surface area contributed by atoms with Crippen LogP contribution in [0.3, 0.4) is 0 Å². The quantitative estimate of drug-likeness (QED) is 0.495. The maximum atomic E-state index is 3.73. The molecule has 0 aromatic heterocycles. The highest BCUT2D eigenvalue weighted by Crippen LogP contribution is 2.00. The zero-order chi connectivity index (χ0) is 5.98. The molecule has 1 rings (SSSR count). The number of nitrogens with one attached hydrogen (secondary N) is 1. The van der Waals surface area contributed by atoms with Gasteiger partial charge in [-0.2, -0.15) is 0 Å². The molecule has 1 aliphatic rings. The molecule has 0 aromatic rings. The zero-order valence-electron chi connectivity index (χ0n) is 4.94. The third kappa shape index (κ3) is 0.997. The number of hydrogen-bond acceptors (Lipinski definition) is 1. The second kappa shape index (κ2) is 1.86. The van der Waals surface area contributed by atoms with E-state index in [1.165, 1.54) is 0 Å². The molecule has 0 bridgehead atoms. The maximum Gasteiger partial charge on any atom is 0.0308 e. The van der Waals surface area contributed by atoms with Crippen LogP contribution in [0.1, 0.15) is 6.92 Å². The van der Waals surface area contributed by atoms with Gasteiger partial charge in [0.25, 0.3) is 0 Å². The highest BCUT2D eigenvalue weighted by molar-refractivity contribution is 5.28. The van der Waals surface area contributed by atoms with E-state index in [0.29, 0.717) is 0 Å². The summed E-state index contributed by atoms with van der Waals surface area (Å²) in [4.78, 5) is 0. The molecule has 0 unspecified atom stereocenters. The van der Waals surface area contributed by atoms with Gasteiger partial charge in [-0.15, -0.1) is 0 Å². The first-order valence-electron chi connectivity index (χ1n) is 2.60. The van der Waals surface area contributed by atoms with Gasteiger partial charge in [0.2, 0.25) is 0 Å². The Balaban J connectivity index is 2.73. The first-order valence-corrected chi connectivity index (χ1v) is 2.60. The lowest BCUT2D eigenvalue weighted by Gasteiger charge is -2.07. The number of rotatable bonds is 0. The summed E-state index contributed by atoms with van der Waals surface area (Å²) in [6.45, 7) is 5.73. The Kier molecular flexibility index (Phi) is 1.20. The monoisotopic (exact) mass is 107 g/mol. The molecule has 0 amide bonds. The van der Waals surface area contributed by atoms with Crippen LogP contribution in [0.5, 0.6) is 0 Å². The average Bonchev–Trinajstić information content (AvgIpc) is 1.64. The van der Waals surface area contributed by atoms with Crippen molar-refractivity contribution >= 4 is 0 Å². The van der Waals surface area contributed by atoms with E-state index in [1.54, 1.807) is 0 Å². The first kappa shape index (κ1) is 5.16. The van der Waals surface area contributed by atoms with Crippen LogP contribution in [-0.4, -0.2) is 0 Å². The lowest BCUT2D eigenvalue weighted by atomic mass is 10.3. The van der Waals surface area contributed by atoms with Gasteiger partial charge < -0.3 is 5.32 Å². The lowest BCUT2D eigenvalue weighted by Crippen LogP contribution is -2.09. The van der Waals surface area contributed by atoms with Crippen molar-refractivity contribution in [3.8, 4) is 0 Å². The molecule has 0 aromatic carbocycles. The summed E-state index contributed by atoms with van der Waals surface area (Å²) >= 11 is 0. The molecule has 42 valence electrons. The van der Waals surface area contributed by atoms with Crippen LogP contribution in [0.15, 0.2) is 36.2 Å². The molecule has 0 aliphatic carbocycles. The van der Waals surface area contributed by atoms with Gasteiger partial charge >= 0.3 is 0 Å². The molecular weight excluding hydrogens is 98.1 g/mol. The summed E-state index contributed by atoms with van der Waals surface area (Å²) in [5.41, 5.74) is 2.11. The molecular formula is C7H9N. The van der Waals surface area contributed by atoms with Crippen LogP contribution in [0.4, 0.5) is 0 Å². The summed E-state index contributed by atoms with van der Waals surface area (Å²) in [5.74, 6) is 0. The van der Waals surface area contributed by atoms with Crippen LogP contribution in [0.2, 0.25) is 0 Å². The Morgan fingerprint density at radius 2 is 2.38 bits per heavy atom. The maximum absolute atomic E-state index is 3.73. The number of dihydropyridines is 1. The minimum atomic E-state index is 0.963. The Morgan fingerprint density at radius 3 is 2.75 bits per heavy atom. The smallest absolute Gasteiger partial charge is 0.0308 e. The van der Waals surface area contributed by atoms with E-state index in [4.69, 9.17) is 0 Å². The number of hydrogen-bond donors (Lipinski definition) is 1. The van der Waals surface area contributed by atoms with Crippen LogP contribution < -0.4 is 5.32 Å². The van der Waals surface area contributed by atoms with Crippen molar-refractivity contribution in [2.45, 2.75) is 6.92 Å². The Hall–Kier alpha value is -0.980. The zero-order valence-corrected chi connectivity index (χ0v) is 4.94.